The molecule has 0 spiro atoms. The largest absolute Gasteiger partial charge is 0.311 e. The highest BCUT2D eigenvalue weighted by Gasteiger charge is 2.17. The molecule has 0 unspecified atom stereocenters. The summed E-state index contributed by atoms with van der Waals surface area (Å²) in [5.74, 6) is 0. The molecule has 2 nitrogen and oxygen atoms in total. The van der Waals surface area contributed by atoms with Gasteiger partial charge in [-0.1, -0.05) is 27.7 Å². The minimum absolute atomic E-state index is 0.188. The third-order valence-corrected chi connectivity index (χ3v) is 3.24. The van der Waals surface area contributed by atoms with Crippen molar-refractivity contribution in [3.05, 3.63) is 16.1 Å². The molecule has 0 aliphatic rings. The Kier molecular flexibility index (Phi) is 4.08. The van der Waals surface area contributed by atoms with Crippen LogP contribution in [0.3, 0.4) is 0 Å². The maximum atomic E-state index is 4.61. The first-order chi connectivity index (χ1) is 6.54. The first-order valence-corrected chi connectivity index (χ1v) is 6.07. The number of nitrogens with one attached hydrogen (secondary N) is 1. The van der Waals surface area contributed by atoms with Gasteiger partial charge in [-0.25, -0.2) is 4.98 Å². The molecule has 1 rings (SSSR count). The van der Waals surface area contributed by atoms with Crippen LogP contribution in [0.5, 0.6) is 0 Å². The highest BCUT2D eigenvalue weighted by Crippen LogP contribution is 2.25. The molecule has 0 bridgehead atoms. The highest BCUT2D eigenvalue weighted by molar-refractivity contribution is 7.09. The smallest absolute Gasteiger partial charge is 0.0982 e. The molecule has 1 aromatic rings. The van der Waals surface area contributed by atoms with Crippen molar-refractivity contribution in [2.45, 2.75) is 46.1 Å². The van der Waals surface area contributed by atoms with Crippen LogP contribution in [0.2, 0.25) is 0 Å². The fourth-order valence-corrected chi connectivity index (χ4v) is 2.03. The van der Waals surface area contributed by atoms with Crippen LogP contribution < -0.4 is 5.32 Å². The molecule has 1 heterocycles. The predicted molar refractivity (Wildman–Crippen MR) is 62.8 cm³/mol. The van der Waals surface area contributed by atoms with Crippen LogP contribution in [0.25, 0.3) is 0 Å². The Labute approximate surface area is 90.8 Å². The van der Waals surface area contributed by atoms with Gasteiger partial charge in [0.05, 0.1) is 10.7 Å². The second-order valence-electron chi connectivity index (χ2n) is 4.57. The Morgan fingerprint density at radius 2 is 2.14 bits per heavy atom. The summed E-state index contributed by atoms with van der Waals surface area (Å²) >= 11 is 1.76. The van der Waals surface area contributed by atoms with E-state index in [4.69, 9.17) is 0 Å². The third kappa shape index (κ3) is 3.39. The molecule has 0 aromatic carbocycles. The molecule has 0 aliphatic heterocycles. The molecule has 1 N–H and O–H groups in total. The fourth-order valence-electron chi connectivity index (χ4n) is 1.13. The molecule has 14 heavy (non-hydrogen) atoms. The average Bonchev–Trinajstić information content (AvgIpc) is 2.52. The Bertz CT molecular complexity index is 273. The summed E-state index contributed by atoms with van der Waals surface area (Å²) in [6, 6.07) is 0. The van der Waals surface area contributed by atoms with Crippen LogP contribution in [0.1, 0.15) is 44.8 Å². The van der Waals surface area contributed by atoms with Gasteiger partial charge in [-0.2, -0.15) is 0 Å². The first-order valence-electron chi connectivity index (χ1n) is 5.19. The van der Waals surface area contributed by atoms with Crippen LogP contribution in [-0.2, 0) is 12.0 Å². The summed E-state index contributed by atoms with van der Waals surface area (Å²) < 4.78 is 0. The number of hydrogen-bond donors (Lipinski definition) is 1. The van der Waals surface area contributed by atoms with Crippen molar-refractivity contribution in [3.63, 3.8) is 0 Å². The highest BCUT2D eigenvalue weighted by atomic mass is 32.1. The van der Waals surface area contributed by atoms with Crippen LogP contribution >= 0.6 is 11.3 Å². The molecule has 0 atom stereocenters. The summed E-state index contributed by atoms with van der Waals surface area (Å²) in [6.07, 6.45) is 1.18. The van der Waals surface area contributed by atoms with E-state index in [1.54, 1.807) is 11.3 Å². The van der Waals surface area contributed by atoms with Crippen LogP contribution in [0.15, 0.2) is 5.38 Å². The lowest BCUT2D eigenvalue weighted by molar-refractivity contribution is 0.579. The van der Waals surface area contributed by atoms with Crippen molar-refractivity contribution < 1.29 is 0 Å². The number of rotatable bonds is 4. The van der Waals surface area contributed by atoms with E-state index in [0.29, 0.717) is 0 Å². The summed E-state index contributed by atoms with van der Waals surface area (Å²) in [5.41, 5.74) is 1.36. The zero-order valence-corrected chi connectivity index (χ0v) is 10.4. The lowest BCUT2D eigenvalue weighted by atomic mass is 9.98. The zero-order chi connectivity index (χ0) is 10.6. The fraction of sp³-hybridized carbons (Fsp3) is 0.727. The van der Waals surface area contributed by atoms with Gasteiger partial charge in [-0.05, 0) is 13.0 Å². The lowest BCUT2D eigenvalue weighted by Gasteiger charge is -2.13. The second kappa shape index (κ2) is 4.89. The maximum absolute atomic E-state index is 4.61. The van der Waals surface area contributed by atoms with Gasteiger partial charge in [0.15, 0.2) is 0 Å². The van der Waals surface area contributed by atoms with E-state index in [9.17, 15) is 0 Å². The van der Waals surface area contributed by atoms with Crippen molar-refractivity contribution in [2.24, 2.45) is 0 Å². The molecular formula is C11H20N2S. The molecule has 0 fully saturated rings. The number of nitrogens with zero attached hydrogens (tertiary/aromatic N) is 1. The van der Waals surface area contributed by atoms with Gasteiger partial charge in [0, 0.05) is 17.3 Å². The van der Waals surface area contributed by atoms with Crippen molar-refractivity contribution in [1.82, 2.24) is 10.3 Å². The summed E-state index contributed by atoms with van der Waals surface area (Å²) in [5, 5.41) is 6.74. The maximum Gasteiger partial charge on any atom is 0.0982 e. The SMILES string of the molecule is CCCNCc1csc(C(C)(C)C)n1. The third-order valence-electron chi connectivity index (χ3n) is 1.93. The minimum Gasteiger partial charge on any atom is -0.311 e. The Balaban J connectivity index is 2.51. The van der Waals surface area contributed by atoms with Crippen molar-refractivity contribution >= 4 is 11.3 Å². The van der Waals surface area contributed by atoms with E-state index in [-0.39, 0.29) is 5.41 Å². The van der Waals surface area contributed by atoms with E-state index < -0.39 is 0 Å². The first kappa shape index (κ1) is 11.7. The van der Waals surface area contributed by atoms with Crippen molar-refractivity contribution in [2.75, 3.05) is 6.54 Å². The normalized spacial score (nSPS) is 12.0. The summed E-state index contributed by atoms with van der Waals surface area (Å²) in [4.78, 5) is 4.61. The van der Waals surface area contributed by atoms with Gasteiger partial charge in [-0.3, -0.25) is 0 Å². The van der Waals surface area contributed by atoms with E-state index >= 15 is 0 Å². The zero-order valence-electron chi connectivity index (χ0n) is 9.55. The predicted octanol–water partition coefficient (Wildman–Crippen LogP) is 2.94. The summed E-state index contributed by atoms with van der Waals surface area (Å²) in [7, 11) is 0. The van der Waals surface area contributed by atoms with E-state index in [1.165, 1.54) is 17.1 Å². The van der Waals surface area contributed by atoms with Crippen LogP contribution in [0, 0.1) is 0 Å². The average molecular weight is 212 g/mol. The Morgan fingerprint density at radius 3 is 2.64 bits per heavy atom. The minimum atomic E-state index is 0.188. The molecule has 3 heteroatoms. The topological polar surface area (TPSA) is 24.9 Å². The van der Waals surface area contributed by atoms with Crippen molar-refractivity contribution in [1.29, 1.82) is 0 Å². The molecule has 0 saturated carbocycles. The lowest BCUT2D eigenvalue weighted by Crippen LogP contribution is -2.15. The number of thiazole rings is 1. The second-order valence-corrected chi connectivity index (χ2v) is 5.43. The van der Waals surface area contributed by atoms with E-state index in [1.807, 2.05) is 0 Å². The standard InChI is InChI=1S/C11H20N2S/c1-5-6-12-7-9-8-14-10(13-9)11(2,3)4/h8,12H,5-7H2,1-4H3. The van der Waals surface area contributed by atoms with Gasteiger partial charge < -0.3 is 5.32 Å². The molecule has 1 aromatic heterocycles. The Hall–Kier alpha value is -0.410. The van der Waals surface area contributed by atoms with E-state index in [0.717, 1.165) is 13.1 Å². The summed E-state index contributed by atoms with van der Waals surface area (Å²) in [6.45, 7) is 10.8. The monoisotopic (exact) mass is 212 g/mol. The number of hydrogen-bond acceptors (Lipinski definition) is 3. The number of aromatic nitrogens is 1. The molecule has 0 saturated heterocycles. The van der Waals surface area contributed by atoms with Gasteiger partial charge >= 0.3 is 0 Å². The molecule has 0 radical (unpaired) electrons. The molecular weight excluding hydrogens is 192 g/mol. The molecule has 0 amide bonds. The molecule has 80 valence electrons. The van der Waals surface area contributed by atoms with Gasteiger partial charge in [0.1, 0.15) is 0 Å². The van der Waals surface area contributed by atoms with Crippen LogP contribution in [-0.4, -0.2) is 11.5 Å². The van der Waals surface area contributed by atoms with Gasteiger partial charge in [-0.15, -0.1) is 11.3 Å². The van der Waals surface area contributed by atoms with Crippen molar-refractivity contribution in [3.8, 4) is 0 Å². The van der Waals surface area contributed by atoms with Gasteiger partial charge in [0.25, 0.3) is 0 Å². The molecule has 0 aliphatic carbocycles. The van der Waals surface area contributed by atoms with Gasteiger partial charge in [0.2, 0.25) is 0 Å². The quantitative estimate of drug-likeness (QED) is 0.776. The Morgan fingerprint density at radius 1 is 1.43 bits per heavy atom. The van der Waals surface area contributed by atoms with Crippen LogP contribution in [0.4, 0.5) is 0 Å². The van der Waals surface area contributed by atoms with E-state index in [2.05, 4.69) is 43.4 Å².